The van der Waals surface area contributed by atoms with Crippen LogP contribution in [0.3, 0.4) is 0 Å². The highest BCUT2D eigenvalue weighted by molar-refractivity contribution is 4.52. The van der Waals surface area contributed by atoms with Crippen molar-refractivity contribution in [3.05, 3.63) is 0 Å². The zero-order valence-electron chi connectivity index (χ0n) is 20.0. The Kier molecular flexibility index (Phi) is 21.5. The molecule has 0 aliphatic carbocycles. The largest absolute Gasteiger partial charge is 0.391 e. The average molecular weight is 400 g/mol. The Bertz CT molecular complexity index is 294. The third-order valence-corrected chi connectivity index (χ3v) is 6.03. The second kappa shape index (κ2) is 21.6. The Morgan fingerprint density at radius 2 is 0.929 bits per heavy atom. The Morgan fingerprint density at radius 1 is 0.536 bits per heavy atom. The third kappa shape index (κ3) is 22.2. The summed E-state index contributed by atoms with van der Waals surface area (Å²) in [7, 11) is 4.40. The van der Waals surface area contributed by atoms with Gasteiger partial charge in [0.25, 0.3) is 0 Å². The lowest BCUT2D eigenvalue weighted by Gasteiger charge is -2.28. The lowest BCUT2D eigenvalue weighted by Crippen LogP contribution is -2.43. The van der Waals surface area contributed by atoms with Crippen LogP contribution in [0.2, 0.25) is 0 Å². The van der Waals surface area contributed by atoms with Crippen LogP contribution >= 0.6 is 0 Å². The molecule has 0 saturated carbocycles. The van der Waals surface area contributed by atoms with Crippen molar-refractivity contribution >= 4 is 0 Å². The molecule has 0 aromatic carbocycles. The normalized spacial score (nSPS) is 12.0. The van der Waals surface area contributed by atoms with Gasteiger partial charge in [0.1, 0.15) is 6.54 Å². The van der Waals surface area contributed by atoms with Crippen LogP contribution in [0.1, 0.15) is 116 Å². The molecule has 0 atom stereocenters. The summed E-state index contributed by atoms with van der Waals surface area (Å²) >= 11 is 0. The van der Waals surface area contributed by atoms with Gasteiger partial charge in [-0.15, -0.1) is 0 Å². The molecule has 0 rings (SSSR count). The summed E-state index contributed by atoms with van der Waals surface area (Å²) in [5, 5.41) is 12.6. The molecule has 0 bridgehead atoms. The lowest BCUT2D eigenvalue weighted by molar-refractivity contribution is -0.890. The molecule has 0 radical (unpaired) electrons. The van der Waals surface area contributed by atoms with Crippen LogP contribution in [0.25, 0.3) is 0 Å². The number of rotatable bonds is 23. The van der Waals surface area contributed by atoms with Crippen LogP contribution in [0.4, 0.5) is 0 Å². The monoisotopic (exact) mass is 399 g/mol. The van der Waals surface area contributed by atoms with Crippen molar-refractivity contribution in [2.45, 2.75) is 116 Å². The molecule has 0 fully saturated rings. The van der Waals surface area contributed by atoms with E-state index in [1.807, 2.05) is 0 Å². The molecule has 2 N–H and O–H groups in total. The van der Waals surface area contributed by atoms with Crippen LogP contribution in [0, 0.1) is 0 Å². The van der Waals surface area contributed by atoms with Crippen LogP contribution in [0.5, 0.6) is 0 Å². The Morgan fingerprint density at radius 3 is 1.36 bits per heavy atom. The summed E-state index contributed by atoms with van der Waals surface area (Å²) in [6.45, 7) is 6.88. The number of unbranched alkanes of at least 4 members (excludes halogenated alkanes) is 15. The molecule has 3 nitrogen and oxygen atoms in total. The molecular formula is C25H55N2O+. The fraction of sp³-hybridized carbons (Fsp3) is 1.00. The van der Waals surface area contributed by atoms with Gasteiger partial charge in [0.05, 0.1) is 27.2 Å². The summed E-state index contributed by atoms with van der Waals surface area (Å²) < 4.78 is 0.928. The second-order valence-corrected chi connectivity index (χ2v) is 9.51. The topological polar surface area (TPSA) is 32.3 Å². The van der Waals surface area contributed by atoms with Gasteiger partial charge in [0.2, 0.25) is 0 Å². The third-order valence-electron chi connectivity index (χ3n) is 6.03. The van der Waals surface area contributed by atoms with E-state index in [0.717, 1.165) is 24.1 Å². The van der Waals surface area contributed by atoms with Gasteiger partial charge in [-0.25, -0.2) is 0 Å². The van der Waals surface area contributed by atoms with E-state index in [0.29, 0.717) is 6.61 Å². The van der Waals surface area contributed by atoms with Gasteiger partial charge in [-0.3, -0.25) is 0 Å². The van der Waals surface area contributed by atoms with Gasteiger partial charge in [0, 0.05) is 13.0 Å². The Balaban J connectivity index is 3.09. The highest BCUT2D eigenvalue weighted by atomic mass is 16.3. The minimum absolute atomic E-state index is 0.291. The zero-order chi connectivity index (χ0) is 20.8. The smallest absolute Gasteiger partial charge is 0.102 e. The number of nitrogens with zero attached hydrogens (tertiary/aromatic N) is 1. The molecule has 3 heteroatoms. The number of hydrogen-bond donors (Lipinski definition) is 2. The van der Waals surface area contributed by atoms with Gasteiger partial charge in [0.15, 0.2) is 0 Å². The van der Waals surface area contributed by atoms with Crippen molar-refractivity contribution < 1.29 is 9.59 Å². The SMILES string of the molecule is CCCCCCCCCCCCCCCCCCNCCC[N+](C)(C)CCO. The van der Waals surface area contributed by atoms with Gasteiger partial charge < -0.3 is 14.9 Å². The second-order valence-electron chi connectivity index (χ2n) is 9.51. The van der Waals surface area contributed by atoms with Crippen LogP contribution < -0.4 is 5.32 Å². The molecule has 0 amide bonds. The van der Waals surface area contributed by atoms with Crippen LogP contribution in [0.15, 0.2) is 0 Å². The molecule has 0 spiro atoms. The number of aliphatic hydroxyl groups excluding tert-OH is 1. The predicted octanol–water partition coefficient (Wildman–Crippen LogP) is 6.30. The van der Waals surface area contributed by atoms with Gasteiger partial charge in [-0.05, 0) is 13.0 Å². The first-order valence-electron chi connectivity index (χ1n) is 12.8. The van der Waals surface area contributed by atoms with E-state index < -0.39 is 0 Å². The molecule has 0 aromatic heterocycles. The van der Waals surface area contributed by atoms with Crippen molar-refractivity contribution in [2.24, 2.45) is 0 Å². The van der Waals surface area contributed by atoms with Crippen LogP contribution in [-0.4, -0.2) is 56.5 Å². The fourth-order valence-electron chi connectivity index (χ4n) is 3.94. The summed E-state index contributed by atoms with van der Waals surface area (Å²) in [5.74, 6) is 0. The lowest BCUT2D eigenvalue weighted by atomic mass is 10.0. The summed E-state index contributed by atoms with van der Waals surface area (Å²) in [6.07, 6.45) is 24.2. The average Bonchev–Trinajstić information content (AvgIpc) is 2.66. The zero-order valence-corrected chi connectivity index (χ0v) is 20.0. The molecule has 28 heavy (non-hydrogen) atoms. The highest BCUT2D eigenvalue weighted by Gasteiger charge is 2.12. The maximum atomic E-state index is 9.04. The van der Waals surface area contributed by atoms with E-state index in [-0.39, 0.29) is 0 Å². The standard InChI is InChI=1S/C25H55N2O/c1-4-5-6-7-8-9-10-11-12-13-14-15-16-17-18-19-21-26-22-20-23-27(2,3)24-25-28/h26,28H,4-25H2,1-3H3/q+1. The van der Waals surface area contributed by atoms with Gasteiger partial charge >= 0.3 is 0 Å². The minimum atomic E-state index is 0.291. The van der Waals surface area contributed by atoms with Crippen molar-refractivity contribution in [1.82, 2.24) is 5.32 Å². The first-order valence-corrected chi connectivity index (χ1v) is 12.8. The van der Waals surface area contributed by atoms with Crippen molar-refractivity contribution in [3.63, 3.8) is 0 Å². The number of likely N-dealkylation sites (N-methyl/N-ethyl adjacent to an activating group) is 1. The van der Waals surface area contributed by atoms with E-state index in [1.165, 1.54) is 116 Å². The molecule has 0 aliphatic rings. The number of nitrogens with one attached hydrogen (secondary N) is 1. The Labute approximate surface area is 178 Å². The van der Waals surface area contributed by atoms with Gasteiger partial charge in [-0.2, -0.15) is 0 Å². The van der Waals surface area contributed by atoms with Crippen LogP contribution in [-0.2, 0) is 0 Å². The fourth-order valence-corrected chi connectivity index (χ4v) is 3.94. The summed E-state index contributed by atoms with van der Waals surface area (Å²) in [6, 6.07) is 0. The van der Waals surface area contributed by atoms with E-state index in [9.17, 15) is 0 Å². The first kappa shape index (κ1) is 27.9. The molecule has 0 heterocycles. The maximum Gasteiger partial charge on any atom is 0.102 e. The van der Waals surface area contributed by atoms with E-state index in [1.54, 1.807) is 0 Å². The van der Waals surface area contributed by atoms with E-state index in [2.05, 4.69) is 26.3 Å². The van der Waals surface area contributed by atoms with Crippen molar-refractivity contribution in [3.8, 4) is 0 Å². The highest BCUT2D eigenvalue weighted by Crippen LogP contribution is 2.13. The minimum Gasteiger partial charge on any atom is -0.391 e. The van der Waals surface area contributed by atoms with E-state index in [4.69, 9.17) is 5.11 Å². The Hall–Kier alpha value is -0.120. The maximum absolute atomic E-state index is 9.04. The van der Waals surface area contributed by atoms with E-state index >= 15 is 0 Å². The molecule has 0 aliphatic heterocycles. The first-order chi connectivity index (χ1) is 13.6. The molecular weight excluding hydrogens is 344 g/mol. The predicted molar refractivity (Wildman–Crippen MR) is 126 cm³/mol. The quantitative estimate of drug-likeness (QED) is 0.156. The molecule has 0 aromatic rings. The molecule has 170 valence electrons. The van der Waals surface area contributed by atoms with Crippen molar-refractivity contribution in [2.75, 3.05) is 46.9 Å². The number of aliphatic hydroxyl groups is 1. The van der Waals surface area contributed by atoms with Gasteiger partial charge in [-0.1, -0.05) is 103 Å². The summed E-state index contributed by atoms with van der Waals surface area (Å²) in [4.78, 5) is 0. The van der Waals surface area contributed by atoms with Crippen molar-refractivity contribution in [1.29, 1.82) is 0 Å². The summed E-state index contributed by atoms with van der Waals surface area (Å²) in [5.41, 5.74) is 0. The molecule has 0 saturated heterocycles. The number of hydrogen-bond acceptors (Lipinski definition) is 2. The molecule has 0 unspecified atom stereocenters. The number of quaternary nitrogens is 1.